The van der Waals surface area contributed by atoms with Crippen molar-refractivity contribution in [3.8, 4) is 0 Å². The first-order valence-electron chi connectivity index (χ1n) is 5.76. The number of aromatic amines is 1. The molecule has 1 aromatic heterocycles. The molecule has 0 saturated carbocycles. The van der Waals surface area contributed by atoms with Crippen LogP contribution in [0.3, 0.4) is 0 Å². The fourth-order valence-corrected chi connectivity index (χ4v) is 1.22. The van der Waals surface area contributed by atoms with Crippen molar-refractivity contribution in [2.75, 3.05) is 25.5 Å². The van der Waals surface area contributed by atoms with Gasteiger partial charge in [-0.05, 0) is 12.3 Å². The largest absolute Gasteiger partial charge is 0.396 e. The Labute approximate surface area is 101 Å². The predicted molar refractivity (Wildman–Crippen MR) is 65.6 cm³/mol. The van der Waals surface area contributed by atoms with Crippen molar-refractivity contribution in [1.82, 2.24) is 15.5 Å². The molecule has 4 N–H and O–H groups in total. The average molecular weight is 240 g/mol. The highest BCUT2D eigenvalue weighted by molar-refractivity contribution is 5.96. The number of amides is 1. The third-order valence-electron chi connectivity index (χ3n) is 2.27. The molecule has 0 unspecified atom stereocenters. The molecule has 1 rings (SSSR count). The number of anilines is 1. The Morgan fingerprint density at radius 2 is 2.35 bits per heavy atom. The van der Waals surface area contributed by atoms with Crippen LogP contribution in [0.2, 0.25) is 0 Å². The third-order valence-corrected chi connectivity index (χ3v) is 2.27. The highest BCUT2D eigenvalue weighted by atomic mass is 16.5. The second-order valence-electron chi connectivity index (χ2n) is 4.25. The maximum Gasteiger partial charge on any atom is 0.271 e. The number of H-pyrrole nitrogens is 1. The van der Waals surface area contributed by atoms with E-state index >= 15 is 0 Å². The third kappa shape index (κ3) is 4.86. The van der Waals surface area contributed by atoms with Crippen LogP contribution >= 0.6 is 0 Å². The first-order valence-corrected chi connectivity index (χ1v) is 5.76. The lowest BCUT2D eigenvalue weighted by Gasteiger charge is -2.07. The van der Waals surface area contributed by atoms with E-state index in [4.69, 9.17) is 10.5 Å². The summed E-state index contributed by atoms with van der Waals surface area (Å²) in [7, 11) is 0. The van der Waals surface area contributed by atoms with Crippen LogP contribution < -0.4 is 11.1 Å². The highest BCUT2D eigenvalue weighted by Gasteiger charge is 2.10. The van der Waals surface area contributed by atoms with Gasteiger partial charge in [0, 0.05) is 13.2 Å². The Morgan fingerprint density at radius 3 is 2.94 bits per heavy atom. The number of hydrogen-bond acceptors (Lipinski definition) is 4. The molecule has 0 aromatic carbocycles. The molecule has 17 heavy (non-hydrogen) atoms. The van der Waals surface area contributed by atoms with Crippen LogP contribution in [0.5, 0.6) is 0 Å². The van der Waals surface area contributed by atoms with Gasteiger partial charge in [0.25, 0.3) is 5.91 Å². The van der Waals surface area contributed by atoms with Gasteiger partial charge in [-0.15, -0.1) is 0 Å². The molecule has 6 nitrogen and oxygen atoms in total. The first-order chi connectivity index (χ1) is 8.11. The lowest BCUT2D eigenvalue weighted by molar-refractivity contribution is 0.0902. The molecule has 6 heteroatoms. The van der Waals surface area contributed by atoms with Crippen molar-refractivity contribution < 1.29 is 9.53 Å². The van der Waals surface area contributed by atoms with Crippen LogP contribution in [0.25, 0.3) is 0 Å². The van der Waals surface area contributed by atoms with Gasteiger partial charge >= 0.3 is 0 Å². The van der Waals surface area contributed by atoms with Gasteiger partial charge in [0.1, 0.15) is 5.69 Å². The van der Waals surface area contributed by atoms with E-state index in [1.54, 1.807) is 0 Å². The number of nitrogens with zero attached hydrogens (tertiary/aromatic N) is 1. The summed E-state index contributed by atoms with van der Waals surface area (Å²) in [6.45, 7) is 5.99. The molecular formula is C11H20N4O2. The molecule has 0 atom stereocenters. The van der Waals surface area contributed by atoms with E-state index in [1.165, 1.54) is 6.20 Å². The van der Waals surface area contributed by atoms with Gasteiger partial charge in [0.05, 0.1) is 18.5 Å². The van der Waals surface area contributed by atoms with E-state index < -0.39 is 0 Å². The Balaban J connectivity index is 2.11. The number of rotatable bonds is 7. The molecule has 0 saturated heterocycles. The zero-order valence-corrected chi connectivity index (χ0v) is 10.3. The van der Waals surface area contributed by atoms with Crippen molar-refractivity contribution in [1.29, 1.82) is 0 Å². The van der Waals surface area contributed by atoms with Gasteiger partial charge in [-0.25, -0.2) is 0 Å². The summed E-state index contributed by atoms with van der Waals surface area (Å²) in [5.41, 5.74) is 6.19. The summed E-state index contributed by atoms with van der Waals surface area (Å²) in [5, 5.41) is 8.92. The summed E-state index contributed by atoms with van der Waals surface area (Å²) in [6.07, 6.45) is 2.44. The second kappa shape index (κ2) is 6.90. The van der Waals surface area contributed by atoms with Crippen LogP contribution in [-0.4, -0.2) is 35.9 Å². The van der Waals surface area contributed by atoms with Gasteiger partial charge in [-0.2, -0.15) is 5.10 Å². The SMILES string of the molecule is CC(C)CCOCCNC(=O)c1[nH]ncc1N. The molecule has 0 spiro atoms. The van der Waals surface area contributed by atoms with Gasteiger partial charge in [-0.1, -0.05) is 13.8 Å². The Kier molecular flexibility index (Phi) is 5.48. The van der Waals surface area contributed by atoms with Crippen molar-refractivity contribution in [3.63, 3.8) is 0 Å². The molecule has 1 heterocycles. The minimum Gasteiger partial charge on any atom is -0.396 e. The minimum absolute atomic E-state index is 0.257. The van der Waals surface area contributed by atoms with E-state index in [1.807, 2.05) is 0 Å². The standard InChI is InChI=1S/C11H20N4O2/c1-8(2)3-5-17-6-4-13-11(16)10-9(12)7-14-15-10/h7-8H,3-6,12H2,1-2H3,(H,13,16)(H,14,15). The van der Waals surface area contributed by atoms with Gasteiger partial charge in [0.15, 0.2) is 0 Å². The second-order valence-corrected chi connectivity index (χ2v) is 4.25. The van der Waals surface area contributed by atoms with Crippen molar-refractivity contribution in [3.05, 3.63) is 11.9 Å². The van der Waals surface area contributed by atoms with E-state index in [-0.39, 0.29) is 5.91 Å². The predicted octanol–water partition coefficient (Wildman–Crippen LogP) is 0.784. The maximum absolute atomic E-state index is 11.5. The van der Waals surface area contributed by atoms with Crippen LogP contribution in [0.15, 0.2) is 6.20 Å². The summed E-state index contributed by atoms with van der Waals surface area (Å²) in [4.78, 5) is 11.5. The number of hydrogen-bond donors (Lipinski definition) is 3. The fourth-order valence-electron chi connectivity index (χ4n) is 1.22. The zero-order chi connectivity index (χ0) is 12.7. The number of carbonyl (C=O) groups excluding carboxylic acids is 1. The first kappa shape index (κ1) is 13.5. The highest BCUT2D eigenvalue weighted by Crippen LogP contribution is 2.04. The van der Waals surface area contributed by atoms with Gasteiger partial charge in [-0.3, -0.25) is 9.89 Å². The summed E-state index contributed by atoms with van der Waals surface area (Å²) < 4.78 is 5.37. The molecule has 0 aliphatic rings. The molecule has 0 fully saturated rings. The molecule has 1 aromatic rings. The van der Waals surface area contributed by atoms with Crippen LogP contribution in [0.4, 0.5) is 5.69 Å². The van der Waals surface area contributed by atoms with Crippen LogP contribution in [0, 0.1) is 5.92 Å². The number of nitrogen functional groups attached to an aromatic ring is 1. The van der Waals surface area contributed by atoms with Crippen molar-refractivity contribution >= 4 is 11.6 Å². The lowest BCUT2D eigenvalue weighted by atomic mass is 10.1. The van der Waals surface area contributed by atoms with E-state index in [9.17, 15) is 4.79 Å². The smallest absolute Gasteiger partial charge is 0.271 e. The summed E-state index contributed by atoms with van der Waals surface area (Å²) in [5.74, 6) is 0.377. The van der Waals surface area contributed by atoms with Crippen LogP contribution in [0.1, 0.15) is 30.8 Å². The molecular weight excluding hydrogens is 220 g/mol. The minimum atomic E-state index is -0.257. The summed E-state index contributed by atoms with van der Waals surface area (Å²) >= 11 is 0. The quantitative estimate of drug-likeness (QED) is 0.614. The van der Waals surface area contributed by atoms with Crippen molar-refractivity contribution in [2.24, 2.45) is 5.92 Å². The Morgan fingerprint density at radius 1 is 1.59 bits per heavy atom. The van der Waals surface area contributed by atoms with E-state index in [0.717, 1.165) is 13.0 Å². The molecule has 0 bridgehead atoms. The average Bonchev–Trinajstić information content (AvgIpc) is 2.69. The van der Waals surface area contributed by atoms with E-state index in [2.05, 4.69) is 29.4 Å². The Bertz CT molecular complexity index is 349. The molecule has 96 valence electrons. The molecule has 1 amide bonds. The normalized spacial score (nSPS) is 10.8. The van der Waals surface area contributed by atoms with Gasteiger partial charge in [0.2, 0.25) is 0 Å². The molecule has 0 aliphatic heterocycles. The number of ether oxygens (including phenoxy) is 1. The van der Waals surface area contributed by atoms with Crippen LogP contribution in [-0.2, 0) is 4.74 Å². The monoisotopic (exact) mass is 240 g/mol. The zero-order valence-electron chi connectivity index (χ0n) is 10.3. The topological polar surface area (TPSA) is 93.0 Å². The van der Waals surface area contributed by atoms with E-state index in [0.29, 0.717) is 30.5 Å². The van der Waals surface area contributed by atoms with Gasteiger partial charge < -0.3 is 15.8 Å². The molecule has 0 radical (unpaired) electrons. The van der Waals surface area contributed by atoms with Crippen molar-refractivity contribution in [2.45, 2.75) is 20.3 Å². The number of nitrogens with two attached hydrogens (primary N) is 1. The fraction of sp³-hybridized carbons (Fsp3) is 0.636. The number of aromatic nitrogens is 2. The molecule has 0 aliphatic carbocycles. The summed E-state index contributed by atoms with van der Waals surface area (Å²) in [6, 6.07) is 0. The Hall–Kier alpha value is -1.56. The lowest BCUT2D eigenvalue weighted by Crippen LogP contribution is -2.28. The maximum atomic E-state index is 11.5. The number of nitrogens with one attached hydrogen (secondary N) is 2. The number of carbonyl (C=O) groups is 1.